The Labute approximate surface area is 127 Å². The van der Waals surface area contributed by atoms with Gasteiger partial charge in [-0.1, -0.05) is 41.3 Å². The molecule has 1 N–H and O–H groups in total. The summed E-state index contributed by atoms with van der Waals surface area (Å²) >= 11 is 11.9. The number of rotatable bonds is 3. The zero-order valence-corrected chi connectivity index (χ0v) is 12.6. The molecular formula is C14H15Cl2N3O. The topological polar surface area (TPSA) is 51.0 Å². The fraction of sp³-hybridized carbons (Fsp3) is 0.429. The first-order valence-electron chi connectivity index (χ1n) is 6.63. The van der Waals surface area contributed by atoms with Crippen LogP contribution in [0.3, 0.4) is 0 Å². The highest BCUT2D eigenvalue weighted by Crippen LogP contribution is 2.28. The molecule has 0 spiro atoms. The van der Waals surface area contributed by atoms with Crippen LogP contribution in [0.5, 0.6) is 0 Å². The smallest absolute Gasteiger partial charge is 0.244 e. The lowest BCUT2D eigenvalue weighted by Gasteiger charge is -2.09. The Balaban J connectivity index is 1.75. The summed E-state index contributed by atoms with van der Waals surface area (Å²) in [5.41, 5.74) is 1.01. The molecule has 0 radical (unpaired) electrons. The van der Waals surface area contributed by atoms with Crippen molar-refractivity contribution in [1.29, 1.82) is 0 Å². The predicted molar refractivity (Wildman–Crippen MR) is 78.1 cm³/mol. The van der Waals surface area contributed by atoms with Crippen molar-refractivity contribution >= 4 is 23.2 Å². The van der Waals surface area contributed by atoms with Crippen LogP contribution < -0.4 is 5.32 Å². The Morgan fingerprint density at radius 1 is 1.35 bits per heavy atom. The molecule has 1 aliphatic heterocycles. The highest BCUT2D eigenvalue weighted by Gasteiger charge is 2.29. The Morgan fingerprint density at radius 3 is 2.90 bits per heavy atom. The molecule has 3 rings (SSSR count). The van der Waals surface area contributed by atoms with Gasteiger partial charge in [0.25, 0.3) is 0 Å². The van der Waals surface area contributed by atoms with E-state index in [9.17, 15) is 0 Å². The van der Waals surface area contributed by atoms with E-state index in [0.717, 1.165) is 18.5 Å². The number of nitrogens with zero attached hydrogens (tertiary/aromatic N) is 2. The van der Waals surface area contributed by atoms with E-state index >= 15 is 0 Å². The number of nitrogens with one attached hydrogen (secondary N) is 1. The van der Waals surface area contributed by atoms with Gasteiger partial charge in [0, 0.05) is 6.42 Å². The molecule has 2 aromatic rings. The third-order valence-electron chi connectivity index (χ3n) is 3.63. The first-order chi connectivity index (χ1) is 9.63. The summed E-state index contributed by atoms with van der Waals surface area (Å²) in [4.78, 5) is 4.47. The summed E-state index contributed by atoms with van der Waals surface area (Å²) in [7, 11) is 0. The number of aromatic nitrogens is 2. The number of halogens is 2. The first kappa shape index (κ1) is 13.9. The van der Waals surface area contributed by atoms with Gasteiger partial charge in [-0.3, -0.25) is 0 Å². The fourth-order valence-corrected chi connectivity index (χ4v) is 2.78. The van der Waals surface area contributed by atoms with Crippen LogP contribution in [0.15, 0.2) is 22.7 Å². The standard InChI is InChI=1S/C14H15Cl2N3O/c1-8-4-5-17-13(8)14-18-12(19-20-14)7-9-2-3-10(15)11(16)6-9/h2-3,6,8,13,17H,4-5,7H2,1H3. The second kappa shape index (κ2) is 5.72. The van der Waals surface area contributed by atoms with E-state index in [1.54, 1.807) is 6.07 Å². The van der Waals surface area contributed by atoms with Gasteiger partial charge >= 0.3 is 0 Å². The minimum atomic E-state index is 0.171. The molecule has 6 heteroatoms. The Hall–Kier alpha value is -1.10. The summed E-state index contributed by atoms with van der Waals surface area (Å²) in [6, 6.07) is 5.70. The summed E-state index contributed by atoms with van der Waals surface area (Å²) in [6.07, 6.45) is 1.72. The Morgan fingerprint density at radius 2 is 2.20 bits per heavy atom. The Bertz CT molecular complexity index is 614. The molecule has 1 aromatic heterocycles. The third kappa shape index (κ3) is 2.82. The van der Waals surface area contributed by atoms with E-state index in [1.165, 1.54) is 0 Å². The van der Waals surface area contributed by atoms with Crippen molar-refractivity contribution in [3.63, 3.8) is 0 Å². The molecule has 2 atom stereocenters. The average Bonchev–Trinajstić information content (AvgIpc) is 3.03. The minimum absolute atomic E-state index is 0.171. The second-order valence-electron chi connectivity index (χ2n) is 5.17. The molecule has 0 aliphatic carbocycles. The van der Waals surface area contributed by atoms with E-state index in [1.807, 2.05) is 12.1 Å². The first-order valence-corrected chi connectivity index (χ1v) is 7.39. The maximum absolute atomic E-state index is 6.00. The number of benzene rings is 1. The molecule has 1 fully saturated rings. The van der Waals surface area contributed by atoms with E-state index in [2.05, 4.69) is 22.4 Å². The maximum Gasteiger partial charge on any atom is 0.244 e. The van der Waals surface area contributed by atoms with Crippen LogP contribution >= 0.6 is 23.2 Å². The van der Waals surface area contributed by atoms with Gasteiger partial charge in [-0.2, -0.15) is 4.98 Å². The van der Waals surface area contributed by atoms with Crippen molar-refractivity contribution < 1.29 is 4.52 Å². The van der Waals surface area contributed by atoms with Gasteiger partial charge in [-0.15, -0.1) is 0 Å². The van der Waals surface area contributed by atoms with Crippen LogP contribution in [-0.4, -0.2) is 16.7 Å². The average molecular weight is 312 g/mol. The zero-order chi connectivity index (χ0) is 14.1. The van der Waals surface area contributed by atoms with Crippen LogP contribution in [0.2, 0.25) is 10.0 Å². The normalized spacial score (nSPS) is 22.4. The second-order valence-corrected chi connectivity index (χ2v) is 5.99. The summed E-state index contributed by atoms with van der Waals surface area (Å²) in [5.74, 6) is 1.86. The molecular weight excluding hydrogens is 297 g/mol. The van der Waals surface area contributed by atoms with Gasteiger partial charge in [0.1, 0.15) is 0 Å². The quantitative estimate of drug-likeness (QED) is 0.940. The van der Waals surface area contributed by atoms with Crippen LogP contribution in [0.25, 0.3) is 0 Å². The van der Waals surface area contributed by atoms with Gasteiger partial charge in [-0.25, -0.2) is 0 Å². The molecule has 4 nitrogen and oxygen atoms in total. The molecule has 2 heterocycles. The highest BCUT2D eigenvalue weighted by atomic mass is 35.5. The molecule has 106 valence electrons. The molecule has 2 unspecified atom stereocenters. The van der Waals surface area contributed by atoms with Crippen molar-refractivity contribution in [2.45, 2.75) is 25.8 Å². The van der Waals surface area contributed by atoms with Crippen LogP contribution in [0, 0.1) is 5.92 Å². The largest absolute Gasteiger partial charge is 0.338 e. The van der Waals surface area contributed by atoms with Crippen LogP contribution in [0.1, 0.15) is 36.7 Å². The van der Waals surface area contributed by atoms with Crippen molar-refractivity contribution in [2.75, 3.05) is 6.54 Å². The Kier molecular flexibility index (Phi) is 3.96. The molecule has 1 aliphatic rings. The summed E-state index contributed by atoms with van der Waals surface area (Å²) in [5, 5.41) is 8.51. The molecule has 1 saturated heterocycles. The summed E-state index contributed by atoms with van der Waals surface area (Å²) < 4.78 is 5.36. The van der Waals surface area contributed by atoms with E-state index in [-0.39, 0.29) is 6.04 Å². The number of hydrogen-bond donors (Lipinski definition) is 1. The predicted octanol–water partition coefficient (Wildman–Crippen LogP) is 3.64. The third-order valence-corrected chi connectivity index (χ3v) is 4.37. The molecule has 0 saturated carbocycles. The van der Waals surface area contributed by atoms with Gasteiger partial charge in [0.15, 0.2) is 5.82 Å². The lowest BCUT2D eigenvalue weighted by Crippen LogP contribution is -2.16. The molecule has 0 bridgehead atoms. The van der Waals surface area contributed by atoms with Crippen molar-refractivity contribution in [2.24, 2.45) is 5.92 Å². The van der Waals surface area contributed by atoms with Crippen molar-refractivity contribution in [1.82, 2.24) is 15.5 Å². The highest BCUT2D eigenvalue weighted by molar-refractivity contribution is 6.42. The number of hydrogen-bond acceptors (Lipinski definition) is 4. The minimum Gasteiger partial charge on any atom is -0.338 e. The van der Waals surface area contributed by atoms with Gasteiger partial charge in [0.2, 0.25) is 5.89 Å². The molecule has 1 aromatic carbocycles. The van der Waals surface area contributed by atoms with Gasteiger partial charge in [-0.05, 0) is 36.6 Å². The molecule has 20 heavy (non-hydrogen) atoms. The van der Waals surface area contributed by atoms with E-state index in [0.29, 0.717) is 34.1 Å². The van der Waals surface area contributed by atoms with E-state index in [4.69, 9.17) is 27.7 Å². The summed E-state index contributed by atoms with van der Waals surface area (Å²) in [6.45, 7) is 3.18. The zero-order valence-electron chi connectivity index (χ0n) is 11.1. The van der Waals surface area contributed by atoms with Crippen LogP contribution in [0.4, 0.5) is 0 Å². The van der Waals surface area contributed by atoms with E-state index < -0.39 is 0 Å². The van der Waals surface area contributed by atoms with Gasteiger partial charge < -0.3 is 9.84 Å². The SMILES string of the molecule is CC1CCNC1c1nc(Cc2ccc(Cl)c(Cl)c2)no1. The van der Waals surface area contributed by atoms with Crippen molar-refractivity contribution in [3.8, 4) is 0 Å². The molecule has 0 amide bonds. The lowest BCUT2D eigenvalue weighted by molar-refractivity contribution is 0.317. The van der Waals surface area contributed by atoms with Crippen molar-refractivity contribution in [3.05, 3.63) is 45.5 Å². The maximum atomic E-state index is 6.00. The monoisotopic (exact) mass is 311 g/mol. The van der Waals surface area contributed by atoms with Gasteiger partial charge in [0.05, 0.1) is 16.1 Å². The fourth-order valence-electron chi connectivity index (χ4n) is 2.46. The van der Waals surface area contributed by atoms with Crippen LogP contribution in [-0.2, 0) is 6.42 Å². The lowest BCUT2D eigenvalue weighted by atomic mass is 10.0.